The maximum atomic E-state index is 12.0. The first-order chi connectivity index (χ1) is 9.97. The number of fused-ring (bicyclic) bond motifs is 1. The largest absolute Gasteiger partial charge is 0.329 e. The van der Waals surface area contributed by atoms with Crippen LogP contribution in [0.4, 0.5) is 0 Å². The van der Waals surface area contributed by atoms with Crippen LogP contribution >= 0.6 is 23.2 Å². The van der Waals surface area contributed by atoms with Crippen LogP contribution in [0.5, 0.6) is 0 Å². The third-order valence-electron chi connectivity index (χ3n) is 3.21. The molecule has 21 heavy (non-hydrogen) atoms. The van der Waals surface area contributed by atoms with Gasteiger partial charge in [0.2, 0.25) is 0 Å². The van der Waals surface area contributed by atoms with Crippen molar-refractivity contribution in [2.75, 3.05) is 0 Å². The third-order valence-corrected chi connectivity index (χ3v) is 3.95. The van der Waals surface area contributed by atoms with Gasteiger partial charge in [0.1, 0.15) is 0 Å². The molecule has 2 heterocycles. The van der Waals surface area contributed by atoms with Crippen molar-refractivity contribution in [3.05, 3.63) is 61.0 Å². The smallest absolute Gasteiger partial charge is 0.320 e. The van der Waals surface area contributed by atoms with Crippen molar-refractivity contribution in [1.29, 1.82) is 0 Å². The molecule has 3 aromatic rings. The van der Waals surface area contributed by atoms with Gasteiger partial charge in [0.25, 0.3) is 5.56 Å². The van der Waals surface area contributed by atoms with Gasteiger partial charge in [0.05, 0.1) is 16.4 Å². The number of hydrogen-bond donors (Lipinski definition) is 1. The van der Waals surface area contributed by atoms with Crippen LogP contribution in [-0.4, -0.2) is 19.1 Å². The molecule has 0 saturated heterocycles. The highest BCUT2D eigenvalue weighted by molar-refractivity contribution is 6.42. The molecule has 0 spiro atoms. The van der Waals surface area contributed by atoms with Crippen LogP contribution in [0, 0.1) is 0 Å². The van der Waals surface area contributed by atoms with Gasteiger partial charge in [-0.2, -0.15) is 0 Å². The van der Waals surface area contributed by atoms with Crippen molar-refractivity contribution >= 4 is 34.4 Å². The normalized spacial score (nSPS) is 11.2. The number of aromatic amines is 1. The molecule has 6 nitrogen and oxygen atoms in total. The summed E-state index contributed by atoms with van der Waals surface area (Å²) in [5.41, 5.74) is 0.585. The van der Waals surface area contributed by atoms with E-state index >= 15 is 0 Å². The first kappa shape index (κ1) is 13.9. The summed E-state index contributed by atoms with van der Waals surface area (Å²) >= 11 is 11.9. The first-order valence-electron chi connectivity index (χ1n) is 6.05. The molecule has 1 N–H and O–H groups in total. The zero-order valence-corrected chi connectivity index (χ0v) is 12.4. The Morgan fingerprint density at radius 1 is 1.24 bits per heavy atom. The number of hydrogen-bond acceptors (Lipinski definition) is 3. The Morgan fingerprint density at radius 2 is 2.00 bits per heavy atom. The molecule has 0 aliphatic carbocycles. The second-order valence-corrected chi connectivity index (χ2v) is 5.43. The quantitative estimate of drug-likeness (QED) is 0.780. The van der Waals surface area contributed by atoms with Crippen LogP contribution in [0.25, 0.3) is 11.2 Å². The molecule has 2 aromatic heterocycles. The molecule has 0 fully saturated rings. The number of nitrogens with zero attached hydrogens (tertiary/aromatic N) is 3. The van der Waals surface area contributed by atoms with Gasteiger partial charge in [-0.3, -0.25) is 14.3 Å². The minimum atomic E-state index is -0.493. The minimum Gasteiger partial charge on any atom is -0.320 e. The van der Waals surface area contributed by atoms with Crippen LogP contribution in [0.3, 0.4) is 0 Å². The van der Waals surface area contributed by atoms with E-state index in [-0.39, 0.29) is 0 Å². The van der Waals surface area contributed by atoms with Crippen LogP contribution in [-0.2, 0) is 13.6 Å². The summed E-state index contributed by atoms with van der Waals surface area (Å²) < 4.78 is 2.95. The fraction of sp³-hybridized carbons (Fsp3) is 0.154. The first-order valence-corrected chi connectivity index (χ1v) is 6.81. The van der Waals surface area contributed by atoms with Crippen molar-refractivity contribution in [2.45, 2.75) is 6.54 Å². The summed E-state index contributed by atoms with van der Waals surface area (Å²) in [4.78, 5) is 29.9. The molecule has 8 heteroatoms. The van der Waals surface area contributed by atoms with E-state index in [0.29, 0.717) is 27.8 Å². The lowest BCUT2D eigenvalue weighted by Crippen LogP contribution is -2.29. The number of imidazole rings is 1. The Hall–Kier alpha value is -2.05. The molecule has 0 unspecified atom stereocenters. The summed E-state index contributed by atoms with van der Waals surface area (Å²) in [6, 6.07) is 5.24. The number of aromatic nitrogens is 4. The highest BCUT2D eigenvalue weighted by atomic mass is 35.5. The Bertz CT molecular complexity index is 955. The lowest BCUT2D eigenvalue weighted by atomic mass is 10.2. The van der Waals surface area contributed by atoms with Gasteiger partial charge >= 0.3 is 5.69 Å². The second kappa shape index (κ2) is 5.05. The molecule has 0 aliphatic heterocycles. The average Bonchev–Trinajstić information content (AvgIpc) is 2.85. The van der Waals surface area contributed by atoms with Gasteiger partial charge in [0.15, 0.2) is 11.2 Å². The van der Waals surface area contributed by atoms with Crippen molar-refractivity contribution in [2.24, 2.45) is 7.05 Å². The highest BCUT2D eigenvalue weighted by Gasteiger charge is 2.12. The zero-order valence-electron chi connectivity index (χ0n) is 10.9. The van der Waals surface area contributed by atoms with Gasteiger partial charge in [-0.1, -0.05) is 29.3 Å². The fourth-order valence-electron chi connectivity index (χ4n) is 2.14. The summed E-state index contributed by atoms with van der Waals surface area (Å²) in [5, 5.41) is 0.913. The second-order valence-electron chi connectivity index (χ2n) is 4.61. The SMILES string of the molecule is Cn1c(=O)[nH]c(=O)c2c1ncn2Cc1ccc(Cl)c(Cl)c1. The standard InChI is InChI=1S/C13H10Cl2N4O2/c1-18-11-10(12(20)17-13(18)21)19(6-16-11)5-7-2-3-8(14)9(15)4-7/h2-4,6H,5H2,1H3,(H,17,20,21). The van der Waals surface area contributed by atoms with E-state index in [2.05, 4.69) is 9.97 Å². The molecule has 1 aromatic carbocycles. The molecule has 0 atom stereocenters. The van der Waals surface area contributed by atoms with E-state index in [4.69, 9.17) is 23.2 Å². The monoisotopic (exact) mass is 324 g/mol. The van der Waals surface area contributed by atoms with E-state index in [1.165, 1.54) is 10.9 Å². The Balaban J connectivity index is 2.13. The molecule has 0 saturated carbocycles. The van der Waals surface area contributed by atoms with Crippen molar-refractivity contribution in [1.82, 2.24) is 19.1 Å². The van der Waals surface area contributed by atoms with Crippen LogP contribution in [0.1, 0.15) is 5.56 Å². The number of aryl methyl sites for hydroxylation is 1. The maximum absolute atomic E-state index is 12.0. The number of rotatable bonds is 2. The average molecular weight is 325 g/mol. The predicted molar refractivity (Wildman–Crippen MR) is 81.2 cm³/mol. The van der Waals surface area contributed by atoms with Gasteiger partial charge in [-0.05, 0) is 17.7 Å². The summed E-state index contributed by atoms with van der Waals surface area (Å²) in [5.74, 6) is 0. The van der Waals surface area contributed by atoms with Crippen LogP contribution < -0.4 is 11.2 Å². The van der Waals surface area contributed by atoms with E-state index in [9.17, 15) is 9.59 Å². The van der Waals surface area contributed by atoms with Crippen molar-refractivity contribution in [3.63, 3.8) is 0 Å². The lowest BCUT2D eigenvalue weighted by molar-refractivity contribution is 0.806. The number of nitrogens with one attached hydrogen (secondary N) is 1. The van der Waals surface area contributed by atoms with Gasteiger partial charge in [0, 0.05) is 13.6 Å². The van der Waals surface area contributed by atoms with Crippen LogP contribution in [0.2, 0.25) is 10.0 Å². The molecular formula is C13H10Cl2N4O2. The molecule has 0 radical (unpaired) electrons. The van der Waals surface area contributed by atoms with Crippen molar-refractivity contribution < 1.29 is 0 Å². The van der Waals surface area contributed by atoms with Crippen LogP contribution in [0.15, 0.2) is 34.1 Å². The summed E-state index contributed by atoms with van der Waals surface area (Å²) in [6.45, 7) is 0.397. The summed E-state index contributed by atoms with van der Waals surface area (Å²) in [6.07, 6.45) is 1.52. The summed E-state index contributed by atoms with van der Waals surface area (Å²) in [7, 11) is 1.55. The lowest BCUT2D eigenvalue weighted by Gasteiger charge is -2.06. The number of H-pyrrole nitrogens is 1. The van der Waals surface area contributed by atoms with Gasteiger partial charge in [-0.15, -0.1) is 0 Å². The van der Waals surface area contributed by atoms with Crippen molar-refractivity contribution in [3.8, 4) is 0 Å². The van der Waals surface area contributed by atoms with Gasteiger partial charge < -0.3 is 4.57 Å². The van der Waals surface area contributed by atoms with Gasteiger partial charge in [-0.25, -0.2) is 9.78 Å². The maximum Gasteiger partial charge on any atom is 0.329 e. The fourth-order valence-corrected chi connectivity index (χ4v) is 2.46. The Kier molecular flexibility index (Phi) is 3.35. The molecule has 0 amide bonds. The number of benzene rings is 1. The predicted octanol–water partition coefficient (Wildman–Crippen LogP) is 1.78. The third kappa shape index (κ3) is 2.36. The van der Waals surface area contributed by atoms with E-state index in [1.54, 1.807) is 23.7 Å². The molecule has 108 valence electrons. The van der Waals surface area contributed by atoms with E-state index < -0.39 is 11.2 Å². The molecular weight excluding hydrogens is 315 g/mol. The number of halogens is 2. The highest BCUT2D eigenvalue weighted by Crippen LogP contribution is 2.23. The van der Waals surface area contributed by atoms with E-state index in [0.717, 1.165) is 5.56 Å². The molecule has 3 rings (SSSR count). The zero-order chi connectivity index (χ0) is 15.1. The Labute approximate surface area is 128 Å². The molecule has 0 aliphatic rings. The van der Waals surface area contributed by atoms with E-state index in [1.807, 2.05) is 6.07 Å². The minimum absolute atomic E-state index is 0.336. The Morgan fingerprint density at radius 3 is 2.71 bits per heavy atom. The molecule has 0 bridgehead atoms. The topological polar surface area (TPSA) is 72.7 Å².